The number of ether oxygens (including phenoxy) is 3. The molecule has 0 unspecified atom stereocenters. The summed E-state index contributed by atoms with van der Waals surface area (Å²) in [5.74, 6) is 2.41. The Hall–Kier alpha value is -2.01. The molecule has 31 heavy (non-hydrogen) atoms. The fraction of sp³-hybridized carbons (Fsp3) is 0.654. The van der Waals surface area contributed by atoms with Crippen molar-refractivity contribution in [1.82, 2.24) is 4.90 Å². The lowest BCUT2D eigenvalue weighted by molar-refractivity contribution is -0.146. The van der Waals surface area contributed by atoms with Crippen LogP contribution in [0.1, 0.15) is 50.2 Å². The Morgan fingerprint density at radius 1 is 1.19 bits per heavy atom. The van der Waals surface area contributed by atoms with Crippen LogP contribution in [0.2, 0.25) is 0 Å². The average Bonchev–Trinajstić information content (AvgIpc) is 3.04. The minimum Gasteiger partial charge on any atom is -0.493 e. The van der Waals surface area contributed by atoms with E-state index in [1.807, 2.05) is 0 Å². The fourth-order valence-electron chi connectivity index (χ4n) is 6.84. The highest BCUT2D eigenvalue weighted by Crippen LogP contribution is 2.57. The first kappa shape index (κ1) is 20.9. The number of hydrogen-bond donors (Lipinski definition) is 0. The van der Waals surface area contributed by atoms with E-state index in [4.69, 9.17) is 14.2 Å². The summed E-state index contributed by atoms with van der Waals surface area (Å²) in [4.78, 5) is 15.4. The quantitative estimate of drug-likeness (QED) is 0.529. The maximum atomic E-state index is 12.9. The normalized spacial score (nSPS) is 35.1. The smallest absolute Gasteiger partial charge is 0.310 e. The summed E-state index contributed by atoms with van der Waals surface area (Å²) in [5.41, 5.74) is 4.24. The standard InChI is InChI=1S/C26H35NO4/c1-16-6-5-8-26(2)13-24-19(12-21(16)26)20(25(28)31-24)15-27-9-7-17-10-22(29-3)23(30-4)11-18(17)14-27/h10-11,19-21,24H,1,5-9,12-15H2,2-4H3/t19-,20+,21-,24+,26+/m0/s1. The molecule has 168 valence electrons. The highest BCUT2D eigenvalue weighted by atomic mass is 16.6. The minimum absolute atomic E-state index is 0.0148. The Balaban J connectivity index is 1.32. The lowest BCUT2D eigenvalue weighted by atomic mass is 9.55. The third-order valence-corrected chi connectivity index (χ3v) is 8.57. The summed E-state index contributed by atoms with van der Waals surface area (Å²) in [5, 5.41) is 0. The zero-order valence-corrected chi connectivity index (χ0v) is 19.1. The highest BCUT2D eigenvalue weighted by molar-refractivity contribution is 5.75. The highest BCUT2D eigenvalue weighted by Gasteiger charge is 2.55. The van der Waals surface area contributed by atoms with Crippen molar-refractivity contribution in [3.8, 4) is 11.5 Å². The van der Waals surface area contributed by atoms with Gasteiger partial charge in [0.2, 0.25) is 0 Å². The fourth-order valence-corrected chi connectivity index (χ4v) is 6.84. The van der Waals surface area contributed by atoms with Crippen molar-refractivity contribution < 1.29 is 19.0 Å². The Morgan fingerprint density at radius 3 is 2.68 bits per heavy atom. The van der Waals surface area contributed by atoms with Gasteiger partial charge in [-0.05, 0) is 73.1 Å². The van der Waals surface area contributed by atoms with Gasteiger partial charge < -0.3 is 14.2 Å². The van der Waals surface area contributed by atoms with Crippen LogP contribution in [0, 0.1) is 23.2 Å². The molecule has 1 aromatic rings. The zero-order chi connectivity index (χ0) is 21.8. The molecule has 0 radical (unpaired) electrons. The van der Waals surface area contributed by atoms with Gasteiger partial charge in [-0.15, -0.1) is 0 Å². The summed E-state index contributed by atoms with van der Waals surface area (Å²) in [6.45, 7) is 9.38. The third-order valence-electron chi connectivity index (χ3n) is 8.57. The number of carbonyl (C=O) groups excluding carboxylic acids is 1. The summed E-state index contributed by atoms with van der Waals surface area (Å²) in [6, 6.07) is 4.19. The van der Waals surface area contributed by atoms with Gasteiger partial charge in [0.05, 0.1) is 20.1 Å². The van der Waals surface area contributed by atoms with Crippen molar-refractivity contribution >= 4 is 5.97 Å². The molecular weight excluding hydrogens is 390 g/mol. The number of allylic oxidation sites excluding steroid dienone is 1. The average molecular weight is 426 g/mol. The molecule has 2 saturated carbocycles. The Morgan fingerprint density at radius 2 is 1.94 bits per heavy atom. The maximum absolute atomic E-state index is 12.9. The van der Waals surface area contributed by atoms with Gasteiger partial charge >= 0.3 is 5.97 Å². The molecule has 0 spiro atoms. The number of methoxy groups -OCH3 is 2. The molecule has 1 saturated heterocycles. The van der Waals surface area contributed by atoms with Crippen molar-refractivity contribution in [3.05, 3.63) is 35.4 Å². The van der Waals surface area contributed by atoms with Crippen LogP contribution < -0.4 is 9.47 Å². The Bertz CT molecular complexity index is 896. The molecular formula is C26H35NO4. The molecule has 0 amide bonds. The van der Waals surface area contributed by atoms with Crippen molar-refractivity contribution in [2.75, 3.05) is 27.3 Å². The maximum Gasteiger partial charge on any atom is 0.310 e. The molecule has 5 heteroatoms. The van der Waals surface area contributed by atoms with Gasteiger partial charge in [0.1, 0.15) is 6.10 Å². The first-order valence-corrected chi connectivity index (χ1v) is 11.8. The molecule has 0 aromatic heterocycles. The molecule has 2 aliphatic carbocycles. The molecule has 3 fully saturated rings. The van der Waals surface area contributed by atoms with Crippen LogP contribution in [0.3, 0.4) is 0 Å². The topological polar surface area (TPSA) is 48.0 Å². The van der Waals surface area contributed by atoms with Gasteiger partial charge in [0.15, 0.2) is 11.5 Å². The predicted molar refractivity (Wildman–Crippen MR) is 119 cm³/mol. The zero-order valence-electron chi connectivity index (χ0n) is 19.1. The van der Waals surface area contributed by atoms with Gasteiger partial charge in [-0.3, -0.25) is 9.69 Å². The van der Waals surface area contributed by atoms with Crippen molar-refractivity contribution in [2.24, 2.45) is 23.2 Å². The number of hydrogen-bond acceptors (Lipinski definition) is 5. The van der Waals surface area contributed by atoms with E-state index in [1.54, 1.807) is 14.2 Å². The van der Waals surface area contributed by atoms with Crippen LogP contribution in [-0.4, -0.2) is 44.3 Å². The van der Waals surface area contributed by atoms with Crippen LogP contribution in [0.5, 0.6) is 11.5 Å². The number of fused-ring (bicyclic) bond motifs is 3. The van der Waals surface area contributed by atoms with E-state index in [2.05, 4.69) is 30.5 Å². The molecule has 2 heterocycles. The first-order valence-electron chi connectivity index (χ1n) is 11.8. The minimum atomic E-state index is -0.0222. The van der Waals surface area contributed by atoms with Gasteiger partial charge in [-0.1, -0.05) is 19.1 Å². The predicted octanol–water partition coefficient (Wildman–Crippen LogP) is 4.38. The Kier molecular flexibility index (Phi) is 5.28. The van der Waals surface area contributed by atoms with E-state index >= 15 is 0 Å². The second-order valence-corrected chi connectivity index (χ2v) is 10.4. The Labute approximate surface area is 185 Å². The monoisotopic (exact) mass is 425 g/mol. The van der Waals surface area contributed by atoms with Crippen LogP contribution in [0.15, 0.2) is 24.3 Å². The van der Waals surface area contributed by atoms with Crippen LogP contribution in [-0.2, 0) is 22.5 Å². The molecule has 5 atom stereocenters. The van der Waals surface area contributed by atoms with Gasteiger partial charge in [-0.2, -0.15) is 0 Å². The summed E-state index contributed by atoms with van der Waals surface area (Å²) in [6.07, 6.45) is 6.72. The van der Waals surface area contributed by atoms with Crippen molar-refractivity contribution in [1.29, 1.82) is 0 Å². The van der Waals surface area contributed by atoms with Crippen LogP contribution in [0.4, 0.5) is 0 Å². The largest absolute Gasteiger partial charge is 0.493 e. The van der Waals surface area contributed by atoms with Gasteiger partial charge in [0.25, 0.3) is 0 Å². The molecule has 2 aliphatic heterocycles. The summed E-state index contributed by atoms with van der Waals surface area (Å²) >= 11 is 0. The number of rotatable bonds is 4. The van der Waals surface area contributed by atoms with Crippen LogP contribution >= 0.6 is 0 Å². The van der Waals surface area contributed by atoms with Crippen molar-refractivity contribution in [2.45, 2.75) is 58.1 Å². The van der Waals surface area contributed by atoms with E-state index < -0.39 is 0 Å². The van der Waals surface area contributed by atoms with Crippen molar-refractivity contribution in [3.63, 3.8) is 0 Å². The van der Waals surface area contributed by atoms with E-state index in [0.29, 0.717) is 11.8 Å². The number of benzene rings is 1. The van der Waals surface area contributed by atoms with E-state index in [9.17, 15) is 4.79 Å². The third kappa shape index (κ3) is 3.55. The SMILES string of the molecule is C=C1CCC[C@]2(C)C[C@H]3OC(=O)[C@H](CN4CCc5cc(OC)c(OC)cc5C4)[C@@H]3C[C@@H]12. The lowest BCUT2D eigenvalue weighted by Gasteiger charge is -2.50. The second-order valence-electron chi connectivity index (χ2n) is 10.4. The molecule has 4 aliphatic rings. The second kappa shape index (κ2) is 7.84. The number of carbonyl (C=O) groups is 1. The number of esters is 1. The van der Waals surface area contributed by atoms with Gasteiger partial charge in [0, 0.05) is 25.6 Å². The molecule has 5 rings (SSSR count). The molecule has 0 N–H and O–H groups in total. The van der Waals surface area contributed by atoms with E-state index in [0.717, 1.165) is 56.8 Å². The summed E-state index contributed by atoms with van der Waals surface area (Å²) < 4.78 is 16.9. The molecule has 5 nitrogen and oxygen atoms in total. The van der Waals surface area contributed by atoms with Gasteiger partial charge in [-0.25, -0.2) is 0 Å². The lowest BCUT2D eigenvalue weighted by Crippen LogP contribution is -2.46. The first-order chi connectivity index (χ1) is 14.9. The van der Waals surface area contributed by atoms with Crippen LogP contribution in [0.25, 0.3) is 0 Å². The van der Waals surface area contributed by atoms with E-state index in [-0.39, 0.29) is 23.4 Å². The summed E-state index contributed by atoms with van der Waals surface area (Å²) in [7, 11) is 3.35. The molecule has 0 bridgehead atoms. The molecule has 1 aromatic carbocycles. The van der Waals surface area contributed by atoms with E-state index in [1.165, 1.54) is 29.5 Å². The number of nitrogens with zero attached hydrogens (tertiary/aromatic N) is 1.